The first-order chi connectivity index (χ1) is 15.1. The molecule has 1 N–H and O–H groups in total. The first-order valence-corrected chi connectivity index (χ1v) is 10.9. The highest BCUT2D eigenvalue weighted by Gasteiger charge is 2.37. The van der Waals surface area contributed by atoms with Gasteiger partial charge in [0, 0.05) is 17.1 Å². The third-order valence-electron chi connectivity index (χ3n) is 5.20. The van der Waals surface area contributed by atoms with Crippen molar-refractivity contribution in [3.63, 3.8) is 0 Å². The minimum atomic E-state index is -0.998. The summed E-state index contributed by atoms with van der Waals surface area (Å²) in [6.45, 7) is 6.97. The molecule has 0 spiro atoms. The quantitative estimate of drug-likeness (QED) is 0.492. The van der Waals surface area contributed by atoms with Crippen molar-refractivity contribution in [3.8, 4) is 5.69 Å². The van der Waals surface area contributed by atoms with Gasteiger partial charge in [-0.15, -0.1) is 0 Å². The van der Waals surface area contributed by atoms with Crippen LogP contribution in [-0.4, -0.2) is 50.3 Å². The van der Waals surface area contributed by atoms with E-state index >= 15 is 0 Å². The van der Waals surface area contributed by atoms with E-state index in [-0.39, 0.29) is 16.6 Å². The van der Waals surface area contributed by atoms with Crippen LogP contribution in [0.25, 0.3) is 11.8 Å². The van der Waals surface area contributed by atoms with Gasteiger partial charge in [-0.1, -0.05) is 6.92 Å². The van der Waals surface area contributed by atoms with Gasteiger partial charge in [0.1, 0.15) is 6.54 Å². The number of carboxylic acid groups (broad SMARTS) is 1. The number of imide groups is 1. The van der Waals surface area contributed by atoms with E-state index in [9.17, 15) is 19.2 Å². The van der Waals surface area contributed by atoms with Crippen LogP contribution in [0.2, 0.25) is 0 Å². The number of carbonyl (C=O) groups is 4. The molecule has 2 amide bonds. The average Bonchev–Trinajstić information content (AvgIpc) is 3.17. The number of hydrogen-bond acceptors (Lipinski definition) is 6. The fourth-order valence-corrected chi connectivity index (χ4v) is 4.16. The Morgan fingerprint density at radius 3 is 2.44 bits per heavy atom. The number of ether oxygens (including phenoxy) is 1. The largest absolute Gasteiger partial charge is 0.478 e. The highest BCUT2D eigenvalue weighted by molar-refractivity contribution is 8.18. The molecule has 2 aromatic rings. The van der Waals surface area contributed by atoms with E-state index in [2.05, 4.69) is 0 Å². The summed E-state index contributed by atoms with van der Waals surface area (Å²) in [6.07, 6.45) is 1.99. The van der Waals surface area contributed by atoms with Crippen LogP contribution in [0.4, 0.5) is 4.79 Å². The minimum absolute atomic E-state index is 0.192. The Labute approximate surface area is 189 Å². The molecule has 1 aromatic heterocycles. The zero-order chi connectivity index (χ0) is 23.6. The number of thioether (sulfide) groups is 1. The van der Waals surface area contributed by atoms with E-state index < -0.39 is 29.6 Å². The van der Waals surface area contributed by atoms with Crippen LogP contribution < -0.4 is 0 Å². The Balaban J connectivity index is 1.84. The maximum atomic E-state index is 12.7. The van der Waals surface area contributed by atoms with Crippen molar-refractivity contribution in [2.75, 3.05) is 6.54 Å². The van der Waals surface area contributed by atoms with E-state index in [0.717, 1.165) is 39.3 Å². The zero-order valence-corrected chi connectivity index (χ0v) is 19.1. The summed E-state index contributed by atoms with van der Waals surface area (Å²) < 4.78 is 7.10. The molecule has 0 bridgehead atoms. The molecule has 168 valence electrons. The lowest BCUT2D eigenvalue weighted by Crippen LogP contribution is -2.35. The number of esters is 1. The number of hydrogen-bond donors (Lipinski definition) is 1. The minimum Gasteiger partial charge on any atom is -0.478 e. The lowest BCUT2D eigenvalue weighted by Gasteiger charge is -2.14. The van der Waals surface area contributed by atoms with E-state index in [1.165, 1.54) is 12.1 Å². The number of aromatic carboxylic acids is 1. The molecule has 9 heteroatoms. The van der Waals surface area contributed by atoms with Gasteiger partial charge in [-0.25, -0.2) is 4.79 Å². The van der Waals surface area contributed by atoms with Gasteiger partial charge >= 0.3 is 11.9 Å². The zero-order valence-electron chi connectivity index (χ0n) is 18.2. The van der Waals surface area contributed by atoms with Gasteiger partial charge in [-0.05, 0) is 80.9 Å². The number of benzene rings is 1. The molecule has 0 unspecified atom stereocenters. The molecule has 0 radical (unpaired) electrons. The smallest absolute Gasteiger partial charge is 0.335 e. The fourth-order valence-electron chi connectivity index (χ4n) is 3.34. The van der Waals surface area contributed by atoms with Gasteiger partial charge < -0.3 is 14.4 Å². The third-order valence-corrected chi connectivity index (χ3v) is 6.11. The van der Waals surface area contributed by atoms with Crippen molar-refractivity contribution in [3.05, 3.63) is 57.8 Å². The number of aromatic nitrogens is 1. The summed E-state index contributed by atoms with van der Waals surface area (Å²) in [5.41, 5.74) is 3.43. The average molecular weight is 457 g/mol. The van der Waals surface area contributed by atoms with Crippen LogP contribution in [-0.2, 0) is 14.3 Å². The molecular formula is C23H24N2O6S. The van der Waals surface area contributed by atoms with Crippen molar-refractivity contribution in [1.82, 2.24) is 9.47 Å². The lowest BCUT2D eigenvalue weighted by atomic mass is 10.2. The van der Waals surface area contributed by atoms with Crippen LogP contribution in [0.1, 0.15) is 47.6 Å². The Morgan fingerprint density at radius 2 is 1.84 bits per heavy atom. The monoisotopic (exact) mass is 456 g/mol. The van der Waals surface area contributed by atoms with E-state index in [1.807, 2.05) is 31.4 Å². The van der Waals surface area contributed by atoms with Crippen LogP contribution in [0.15, 0.2) is 35.2 Å². The maximum Gasteiger partial charge on any atom is 0.335 e. The second kappa shape index (κ2) is 9.44. The Bertz CT molecular complexity index is 1120. The number of nitrogens with zero attached hydrogens (tertiary/aromatic N) is 2. The number of carbonyl (C=O) groups excluding carboxylic acids is 3. The molecule has 32 heavy (non-hydrogen) atoms. The molecule has 1 saturated heterocycles. The molecule has 1 fully saturated rings. The van der Waals surface area contributed by atoms with Crippen molar-refractivity contribution in [2.24, 2.45) is 0 Å². The molecule has 1 aliphatic rings. The summed E-state index contributed by atoms with van der Waals surface area (Å²) in [4.78, 5) is 49.3. The van der Waals surface area contributed by atoms with Gasteiger partial charge in [-0.2, -0.15) is 0 Å². The Kier molecular flexibility index (Phi) is 6.88. The number of carboxylic acids is 1. The van der Waals surface area contributed by atoms with Crippen molar-refractivity contribution in [1.29, 1.82) is 0 Å². The van der Waals surface area contributed by atoms with Gasteiger partial charge in [-0.3, -0.25) is 19.3 Å². The predicted molar refractivity (Wildman–Crippen MR) is 121 cm³/mol. The van der Waals surface area contributed by atoms with Crippen LogP contribution in [0, 0.1) is 13.8 Å². The highest BCUT2D eigenvalue weighted by atomic mass is 32.2. The van der Waals surface area contributed by atoms with Crippen LogP contribution >= 0.6 is 11.8 Å². The van der Waals surface area contributed by atoms with Crippen LogP contribution in [0.5, 0.6) is 0 Å². The van der Waals surface area contributed by atoms with Gasteiger partial charge in [0.05, 0.1) is 16.6 Å². The summed E-state index contributed by atoms with van der Waals surface area (Å²) >= 11 is 0.784. The standard InChI is InChI=1S/C23H24N2O6S/c1-5-14(3)31-20(26)12-24-21(27)19(32-23(24)30)11-17-10-13(2)25(15(17)4)18-8-6-16(7-9-18)22(28)29/h6-11,14H,5,12H2,1-4H3,(H,28,29)/b19-11+/t14-/m0/s1. The topological polar surface area (TPSA) is 106 Å². The maximum absolute atomic E-state index is 12.7. The number of aryl methyl sites for hydroxylation is 1. The fraction of sp³-hybridized carbons (Fsp3) is 0.304. The second-order valence-electron chi connectivity index (χ2n) is 7.49. The molecule has 3 rings (SSSR count). The van der Waals surface area contributed by atoms with Crippen molar-refractivity contribution < 1.29 is 29.0 Å². The van der Waals surface area contributed by atoms with E-state index in [1.54, 1.807) is 25.1 Å². The molecule has 8 nitrogen and oxygen atoms in total. The first-order valence-electron chi connectivity index (χ1n) is 10.1. The third kappa shape index (κ3) is 4.77. The lowest BCUT2D eigenvalue weighted by molar-refractivity contribution is -0.150. The van der Waals surface area contributed by atoms with E-state index in [4.69, 9.17) is 9.84 Å². The van der Waals surface area contributed by atoms with Crippen LogP contribution in [0.3, 0.4) is 0 Å². The predicted octanol–water partition coefficient (Wildman–Crippen LogP) is 4.17. The van der Waals surface area contributed by atoms with Gasteiger partial charge in [0.15, 0.2) is 0 Å². The number of rotatable bonds is 7. The Hall–Kier alpha value is -3.33. The summed E-state index contributed by atoms with van der Waals surface area (Å²) in [6, 6.07) is 8.36. The molecule has 1 atom stereocenters. The van der Waals surface area contributed by atoms with Crippen molar-refractivity contribution in [2.45, 2.75) is 40.2 Å². The second-order valence-corrected chi connectivity index (χ2v) is 8.48. The van der Waals surface area contributed by atoms with E-state index in [0.29, 0.717) is 6.42 Å². The SMILES string of the molecule is CC[C@H](C)OC(=O)CN1C(=O)S/C(=C/c2cc(C)n(-c3ccc(C(=O)O)cc3)c2C)C1=O. The van der Waals surface area contributed by atoms with Gasteiger partial charge in [0.2, 0.25) is 0 Å². The normalized spacial score (nSPS) is 16.0. The summed E-state index contributed by atoms with van der Waals surface area (Å²) in [5, 5.41) is 8.57. The Morgan fingerprint density at radius 1 is 1.19 bits per heavy atom. The molecular weight excluding hydrogens is 432 g/mol. The number of amides is 2. The highest BCUT2D eigenvalue weighted by Crippen LogP contribution is 2.33. The molecule has 1 aromatic carbocycles. The molecule has 1 aliphatic heterocycles. The molecule has 2 heterocycles. The molecule has 0 saturated carbocycles. The van der Waals surface area contributed by atoms with Crippen molar-refractivity contribution >= 4 is 40.9 Å². The van der Waals surface area contributed by atoms with Gasteiger partial charge in [0.25, 0.3) is 11.1 Å². The first kappa shape index (κ1) is 23.3. The molecule has 0 aliphatic carbocycles. The summed E-state index contributed by atoms with van der Waals surface area (Å²) in [5.74, 6) is -2.15. The summed E-state index contributed by atoms with van der Waals surface area (Å²) in [7, 11) is 0.